The maximum atomic E-state index is 12.6. The Morgan fingerprint density at radius 2 is 1.50 bits per heavy atom. The summed E-state index contributed by atoms with van der Waals surface area (Å²) in [4.78, 5) is 11.0. The highest BCUT2D eigenvalue weighted by molar-refractivity contribution is 7.91. The van der Waals surface area contributed by atoms with E-state index >= 15 is 0 Å². The molecule has 0 N–H and O–H groups in total. The van der Waals surface area contributed by atoms with Crippen molar-refractivity contribution in [3.05, 3.63) is 88.5 Å². The monoisotopic (exact) mass is 369 g/mol. The van der Waals surface area contributed by atoms with Gasteiger partial charge in [-0.3, -0.25) is 10.1 Å². The van der Waals surface area contributed by atoms with Crippen molar-refractivity contribution in [3.63, 3.8) is 0 Å². The van der Waals surface area contributed by atoms with Gasteiger partial charge in [-0.05, 0) is 55.0 Å². The van der Waals surface area contributed by atoms with Crippen LogP contribution in [0.1, 0.15) is 5.56 Å². The van der Waals surface area contributed by atoms with Crippen molar-refractivity contribution in [1.82, 2.24) is 0 Å². The van der Waals surface area contributed by atoms with Gasteiger partial charge in [-0.15, -0.1) is 0 Å². The zero-order chi connectivity index (χ0) is 18.7. The molecule has 3 aromatic carbocycles. The maximum Gasteiger partial charge on any atom is 0.311 e. The van der Waals surface area contributed by atoms with E-state index in [1.807, 2.05) is 0 Å². The van der Waals surface area contributed by atoms with E-state index in [-0.39, 0.29) is 21.2 Å². The Balaban J connectivity index is 1.89. The summed E-state index contributed by atoms with van der Waals surface area (Å²) >= 11 is 0. The molecular weight excluding hydrogens is 354 g/mol. The molecule has 7 heteroatoms. The number of aryl methyl sites for hydroxylation is 1. The molecule has 0 aliphatic rings. The Bertz CT molecular complexity index is 1050. The average Bonchev–Trinajstić information content (AvgIpc) is 2.64. The molecule has 0 atom stereocenters. The van der Waals surface area contributed by atoms with Gasteiger partial charge >= 0.3 is 5.69 Å². The lowest BCUT2D eigenvalue weighted by Gasteiger charge is -2.08. The molecular formula is C19H15NO5S. The van der Waals surface area contributed by atoms with E-state index in [1.165, 1.54) is 48.5 Å². The second kappa shape index (κ2) is 6.97. The average molecular weight is 369 g/mol. The summed E-state index contributed by atoms with van der Waals surface area (Å²) in [5.74, 6) is 0.406. The molecule has 0 bridgehead atoms. The van der Waals surface area contributed by atoms with Gasteiger partial charge in [-0.25, -0.2) is 8.42 Å². The fourth-order valence-corrected chi connectivity index (χ4v) is 3.69. The van der Waals surface area contributed by atoms with Gasteiger partial charge in [0.1, 0.15) is 5.75 Å². The Morgan fingerprint density at radius 1 is 0.885 bits per heavy atom. The summed E-state index contributed by atoms with van der Waals surface area (Å²) in [7, 11) is -3.62. The molecule has 0 spiro atoms. The quantitative estimate of drug-likeness (QED) is 0.487. The van der Waals surface area contributed by atoms with Gasteiger partial charge < -0.3 is 4.74 Å². The van der Waals surface area contributed by atoms with E-state index in [1.54, 1.807) is 31.2 Å². The number of nitro groups is 1. The standard InChI is InChI=1S/C19H15NO5S/c1-14-7-12-19(18(13-14)20(21)22)25-15-8-10-17(11-9-15)26(23,24)16-5-3-2-4-6-16/h2-13H,1H3. The van der Waals surface area contributed by atoms with Gasteiger partial charge in [0.15, 0.2) is 0 Å². The first-order chi connectivity index (χ1) is 12.4. The van der Waals surface area contributed by atoms with Crippen molar-refractivity contribution < 1.29 is 18.1 Å². The van der Waals surface area contributed by atoms with Crippen molar-refractivity contribution in [3.8, 4) is 11.5 Å². The fourth-order valence-electron chi connectivity index (χ4n) is 2.41. The molecule has 132 valence electrons. The van der Waals surface area contributed by atoms with Crippen molar-refractivity contribution in [2.75, 3.05) is 0 Å². The van der Waals surface area contributed by atoms with Crippen molar-refractivity contribution in [2.24, 2.45) is 0 Å². The fraction of sp³-hybridized carbons (Fsp3) is 0.0526. The maximum absolute atomic E-state index is 12.6. The molecule has 0 fully saturated rings. The molecule has 0 heterocycles. The molecule has 3 aromatic rings. The van der Waals surface area contributed by atoms with E-state index in [2.05, 4.69) is 0 Å². The van der Waals surface area contributed by atoms with Gasteiger partial charge in [-0.2, -0.15) is 0 Å². The van der Waals surface area contributed by atoms with Gasteiger partial charge in [0.2, 0.25) is 15.6 Å². The molecule has 0 amide bonds. The van der Waals surface area contributed by atoms with E-state index in [9.17, 15) is 18.5 Å². The molecule has 3 rings (SSSR count). The SMILES string of the molecule is Cc1ccc(Oc2ccc(S(=O)(=O)c3ccccc3)cc2)c([N+](=O)[O-])c1. The van der Waals surface area contributed by atoms with Gasteiger partial charge in [0, 0.05) is 6.07 Å². The van der Waals surface area contributed by atoms with E-state index in [0.29, 0.717) is 5.75 Å². The zero-order valence-corrected chi connectivity index (χ0v) is 14.6. The van der Waals surface area contributed by atoms with Crippen LogP contribution < -0.4 is 4.74 Å². The predicted molar refractivity (Wildman–Crippen MR) is 96.2 cm³/mol. The molecule has 0 aromatic heterocycles. The van der Waals surface area contributed by atoms with Gasteiger partial charge in [0.05, 0.1) is 14.7 Å². The van der Waals surface area contributed by atoms with Gasteiger partial charge in [0.25, 0.3) is 0 Å². The summed E-state index contributed by atoms with van der Waals surface area (Å²) in [5.41, 5.74) is 0.597. The summed E-state index contributed by atoms with van der Waals surface area (Å²) in [6.45, 7) is 1.75. The predicted octanol–water partition coefficient (Wildman–Crippen LogP) is 4.53. The van der Waals surface area contributed by atoms with Crippen LogP contribution in [0.2, 0.25) is 0 Å². The lowest BCUT2D eigenvalue weighted by molar-refractivity contribution is -0.385. The number of hydrogen-bond acceptors (Lipinski definition) is 5. The number of nitrogens with zero attached hydrogens (tertiary/aromatic N) is 1. The number of benzene rings is 3. The number of sulfone groups is 1. The lowest BCUT2D eigenvalue weighted by Crippen LogP contribution is -2.01. The van der Waals surface area contributed by atoms with Crippen LogP contribution in [0.25, 0.3) is 0 Å². The Hall–Kier alpha value is -3.19. The summed E-state index contributed by atoms with van der Waals surface area (Å²) < 4.78 is 30.7. The number of nitro benzene ring substituents is 1. The number of ether oxygens (including phenoxy) is 1. The highest BCUT2D eigenvalue weighted by atomic mass is 32.2. The first kappa shape index (κ1) is 17.6. The summed E-state index contributed by atoms with van der Waals surface area (Å²) in [6, 6.07) is 18.5. The molecule has 0 aliphatic carbocycles. The highest BCUT2D eigenvalue weighted by Crippen LogP contribution is 2.32. The largest absolute Gasteiger partial charge is 0.450 e. The molecule has 6 nitrogen and oxygen atoms in total. The van der Waals surface area contributed by atoms with Crippen molar-refractivity contribution in [2.45, 2.75) is 16.7 Å². The molecule has 0 aliphatic heterocycles. The van der Waals surface area contributed by atoms with Crippen LogP contribution in [0.15, 0.2) is 82.6 Å². The summed E-state index contributed by atoms with van der Waals surface area (Å²) in [5, 5.41) is 11.2. The van der Waals surface area contributed by atoms with E-state index in [4.69, 9.17) is 4.74 Å². The van der Waals surface area contributed by atoms with Crippen LogP contribution in [0.3, 0.4) is 0 Å². The molecule has 0 saturated carbocycles. The van der Waals surface area contributed by atoms with Gasteiger partial charge in [-0.1, -0.05) is 24.3 Å². The van der Waals surface area contributed by atoms with E-state index < -0.39 is 14.8 Å². The van der Waals surface area contributed by atoms with Crippen LogP contribution >= 0.6 is 0 Å². The second-order valence-electron chi connectivity index (χ2n) is 5.62. The van der Waals surface area contributed by atoms with Crippen LogP contribution in [-0.4, -0.2) is 13.3 Å². The molecule has 26 heavy (non-hydrogen) atoms. The van der Waals surface area contributed by atoms with Crippen LogP contribution in [0.4, 0.5) is 5.69 Å². The third-order valence-electron chi connectivity index (χ3n) is 3.73. The van der Waals surface area contributed by atoms with Crippen molar-refractivity contribution >= 4 is 15.5 Å². The Labute approximate surface area is 150 Å². The molecule has 0 saturated heterocycles. The van der Waals surface area contributed by atoms with Crippen LogP contribution in [-0.2, 0) is 9.84 Å². The van der Waals surface area contributed by atoms with Crippen molar-refractivity contribution in [1.29, 1.82) is 0 Å². The third kappa shape index (κ3) is 3.57. The minimum Gasteiger partial charge on any atom is -0.450 e. The smallest absolute Gasteiger partial charge is 0.311 e. The number of rotatable bonds is 5. The molecule has 0 radical (unpaired) electrons. The number of hydrogen-bond donors (Lipinski definition) is 0. The normalized spacial score (nSPS) is 11.1. The first-order valence-corrected chi connectivity index (χ1v) is 9.19. The van der Waals surface area contributed by atoms with E-state index in [0.717, 1.165) is 5.56 Å². The highest BCUT2D eigenvalue weighted by Gasteiger charge is 2.18. The zero-order valence-electron chi connectivity index (χ0n) is 13.8. The minimum atomic E-state index is -3.62. The third-order valence-corrected chi connectivity index (χ3v) is 5.51. The van der Waals surface area contributed by atoms with Crippen LogP contribution in [0, 0.1) is 17.0 Å². The second-order valence-corrected chi connectivity index (χ2v) is 7.57. The Morgan fingerprint density at radius 3 is 2.12 bits per heavy atom. The topological polar surface area (TPSA) is 86.5 Å². The lowest BCUT2D eigenvalue weighted by atomic mass is 10.2. The Kier molecular flexibility index (Phi) is 4.73. The molecule has 0 unspecified atom stereocenters. The first-order valence-electron chi connectivity index (χ1n) is 7.71. The van der Waals surface area contributed by atoms with Crippen LogP contribution in [0.5, 0.6) is 11.5 Å². The summed E-state index contributed by atoms with van der Waals surface area (Å²) in [6.07, 6.45) is 0. The minimum absolute atomic E-state index is 0.0965.